The molecule has 0 aromatic heterocycles. The van der Waals surface area contributed by atoms with Crippen molar-refractivity contribution in [1.29, 1.82) is 0 Å². The lowest BCUT2D eigenvalue weighted by molar-refractivity contribution is -0.157. The van der Waals surface area contributed by atoms with Crippen molar-refractivity contribution in [2.45, 2.75) is 6.10 Å². The average molecular weight is 382 g/mol. The minimum Gasteiger partial charge on any atom is -0.462 e. The average Bonchev–Trinajstić information content (AvgIpc) is 2.56. The molecule has 0 aromatic carbocycles. The molecule has 130 valence electrons. The number of hydrogen-bond donors (Lipinski definition) is 0. The molecule has 0 unspecified atom stereocenters. The summed E-state index contributed by atoms with van der Waals surface area (Å²) in [6, 6.07) is 0. The van der Waals surface area contributed by atoms with Crippen LogP contribution in [0.25, 0.3) is 0 Å². The second-order valence-corrected chi connectivity index (χ2v) is 7.41. The van der Waals surface area contributed by atoms with Crippen LogP contribution in [0.3, 0.4) is 0 Å². The fourth-order valence-electron chi connectivity index (χ4n) is 1.32. The Kier molecular flexibility index (Phi) is 11.1. The van der Waals surface area contributed by atoms with E-state index >= 15 is 0 Å². The number of carbonyl (C=O) groups excluding carboxylic acids is 2. The molecule has 0 atom stereocenters. The van der Waals surface area contributed by atoms with Gasteiger partial charge in [-0.05, 0) is 0 Å². The SMILES string of the molecule is C=CC(=O)OCCSC(=S)SCCOC(=O)OC1COCOC1. The number of ether oxygens (including phenoxy) is 5. The van der Waals surface area contributed by atoms with Crippen molar-refractivity contribution < 1.29 is 33.3 Å². The van der Waals surface area contributed by atoms with Gasteiger partial charge in [0.2, 0.25) is 0 Å². The monoisotopic (exact) mass is 382 g/mol. The van der Waals surface area contributed by atoms with Crippen molar-refractivity contribution in [1.82, 2.24) is 0 Å². The molecule has 0 N–H and O–H groups in total. The van der Waals surface area contributed by atoms with Crippen molar-refractivity contribution in [3.63, 3.8) is 0 Å². The van der Waals surface area contributed by atoms with Crippen LogP contribution in [0.2, 0.25) is 0 Å². The summed E-state index contributed by atoms with van der Waals surface area (Å²) >= 11 is 7.91. The number of thioether (sulfide) groups is 2. The smallest absolute Gasteiger partial charge is 0.462 e. The van der Waals surface area contributed by atoms with E-state index in [1.807, 2.05) is 0 Å². The van der Waals surface area contributed by atoms with Crippen LogP contribution >= 0.6 is 35.7 Å². The fourth-order valence-corrected chi connectivity index (χ4v) is 3.32. The van der Waals surface area contributed by atoms with E-state index in [1.54, 1.807) is 0 Å². The summed E-state index contributed by atoms with van der Waals surface area (Å²) in [5, 5.41) is 0. The molecule has 1 rings (SSSR count). The summed E-state index contributed by atoms with van der Waals surface area (Å²) in [5.74, 6) is 0.631. The Morgan fingerprint density at radius 1 is 1.17 bits per heavy atom. The first kappa shape index (κ1) is 20.2. The van der Waals surface area contributed by atoms with Crippen molar-refractivity contribution in [2.24, 2.45) is 0 Å². The van der Waals surface area contributed by atoms with Crippen LogP contribution in [0.4, 0.5) is 4.79 Å². The lowest BCUT2D eigenvalue weighted by atomic mass is 10.4. The molecule has 0 aliphatic carbocycles. The molecule has 1 fully saturated rings. The molecule has 1 heterocycles. The maximum Gasteiger partial charge on any atom is 0.508 e. The highest BCUT2D eigenvalue weighted by molar-refractivity contribution is 8.47. The van der Waals surface area contributed by atoms with Crippen LogP contribution in [-0.4, -0.2) is 66.5 Å². The third-order valence-corrected chi connectivity index (χ3v) is 4.90. The Morgan fingerprint density at radius 2 is 1.78 bits per heavy atom. The topological polar surface area (TPSA) is 80.3 Å². The van der Waals surface area contributed by atoms with E-state index in [-0.39, 0.29) is 20.0 Å². The van der Waals surface area contributed by atoms with Gasteiger partial charge in [0, 0.05) is 17.6 Å². The highest BCUT2D eigenvalue weighted by Crippen LogP contribution is 2.17. The number of hydrogen-bond acceptors (Lipinski definition) is 10. The van der Waals surface area contributed by atoms with Gasteiger partial charge in [-0.25, -0.2) is 9.59 Å². The van der Waals surface area contributed by atoms with Crippen LogP contribution in [0, 0.1) is 0 Å². The predicted molar refractivity (Wildman–Crippen MR) is 91.7 cm³/mol. The summed E-state index contributed by atoms with van der Waals surface area (Å²) in [6.45, 7) is 4.58. The van der Waals surface area contributed by atoms with Gasteiger partial charge >= 0.3 is 12.1 Å². The first-order valence-corrected chi connectivity index (χ1v) is 9.07. The third-order valence-electron chi connectivity index (χ3n) is 2.27. The van der Waals surface area contributed by atoms with Crippen LogP contribution in [0.5, 0.6) is 0 Å². The van der Waals surface area contributed by atoms with Crippen LogP contribution < -0.4 is 0 Å². The Bertz CT molecular complexity index is 410. The van der Waals surface area contributed by atoms with Gasteiger partial charge < -0.3 is 23.7 Å². The first-order valence-electron chi connectivity index (χ1n) is 6.69. The quantitative estimate of drug-likeness (QED) is 0.269. The molecule has 0 amide bonds. The van der Waals surface area contributed by atoms with Gasteiger partial charge in [0.15, 0.2) is 6.10 Å². The molecule has 1 aliphatic rings. The lowest BCUT2D eigenvalue weighted by Crippen LogP contribution is -2.33. The Morgan fingerprint density at radius 3 is 2.39 bits per heavy atom. The van der Waals surface area contributed by atoms with Gasteiger partial charge in [0.1, 0.15) is 23.5 Å². The number of carbonyl (C=O) groups is 2. The molecule has 0 bridgehead atoms. The minimum absolute atomic E-state index is 0.185. The van der Waals surface area contributed by atoms with Gasteiger partial charge in [-0.2, -0.15) is 0 Å². The number of esters is 1. The Balaban J connectivity index is 1.96. The minimum atomic E-state index is -0.750. The van der Waals surface area contributed by atoms with E-state index in [9.17, 15) is 9.59 Å². The van der Waals surface area contributed by atoms with Crippen molar-refractivity contribution in [3.8, 4) is 0 Å². The molecule has 1 saturated heterocycles. The summed E-state index contributed by atoms with van der Waals surface area (Å²) < 4.78 is 25.4. The molecule has 23 heavy (non-hydrogen) atoms. The highest BCUT2D eigenvalue weighted by Gasteiger charge is 2.19. The number of rotatable bonds is 8. The molecule has 10 heteroatoms. The predicted octanol–water partition coefficient (Wildman–Crippen LogP) is 1.99. The van der Waals surface area contributed by atoms with E-state index in [0.717, 1.165) is 6.08 Å². The summed E-state index contributed by atoms with van der Waals surface area (Å²) in [6.07, 6.45) is -0.0712. The first-order chi connectivity index (χ1) is 11.1. The largest absolute Gasteiger partial charge is 0.508 e. The molecular formula is C13H18O7S3. The van der Waals surface area contributed by atoms with Crippen molar-refractivity contribution >= 4 is 51.4 Å². The zero-order valence-corrected chi connectivity index (χ0v) is 14.8. The van der Waals surface area contributed by atoms with E-state index in [4.69, 9.17) is 35.9 Å². The van der Waals surface area contributed by atoms with E-state index in [2.05, 4.69) is 6.58 Å². The van der Waals surface area contributed by atoms with Crippen molar-refractivity contribution in [3.05, 3.63) is 12.7 Å². The fraction of sp³-hybridized carbons (Fsp3) is 0.615. The highest BCUT2D eigenvalue weighted by atomic mass is 32.2. The van der Waals surface area contributed by atoms with Gasteiger partial charge in [-0.3, -0.25) is 0 Å². The zero-order chi connectivity index (χ0) is 16.9. The van der Waals surface area contributed by atoms with E-state index in [1.165, 1.54) is 23.5 Å². The molecule has 0 saturated carbocycles. The molecule has 0 radical (unpaired) electrons. The standard InChI is InChI=1S/C13H18O7S3/c1-2-11(14)18-3-5-22-13(21)23-6-4-19-12(15)20-10-7-16-9-17-8-10/h2,10H,1,3-9H2. The second-order valence-electron chi connectivity index (χ2n) is 4.02. The molecule has 0 aromatic rings. The van der Waals surface area contributed by atoms with E-state index < -0.39 is 18.2 Å². The van der Waals surface area contributed by atoms with Crippen molar-refractivity contribution in [2.75, 3.05) is 44.7 Å². The normalized spacial score (nSPS) is 14.8. The van der Waals surface area contributed by atoms with Gasteiger partial charge in [-0.1, -0.05) is 18.8 Å². The molecular weight excluding hydrogens is 364 g/mol. The summed E-state index contributed by atoms with van der Waals surface area (Å²) in [5.41, 5.74) is 0. The van der Waals surface area contributed by atoms with Gasteiger partial charge in [0.05, 0.1) is 13.2 Å². The summed E-state index contributed by atoms with van der Waals surface area (Å²) in [7, 11) is 0. The Labute approximate surface area is 148 Å². The maximum atomic E-state index is 11.4. The summed E-state index contributed by atoms with van der Waals surface area (Å²) in [4.78, 5) is 22.2. The van der Waals surface area contributed by atoms with Gasteiger partial charge in [-0.15, -0.1) is 23.5 Å². The second kappa shape index (κ2) is 12.6. The zero-order valence-electron chi connectivity index (χ0n) is 12.4. The molecule has 1 aliphatic heterocycles. The van der Waals surface area contributed by atoms with Crippen LogP contribution in [-0.2, 0) is 28.5 Å². The van der Waals surface area contributed by atoms with E-state index in [0.29, 0.717) is 28.2 Å². The van der Waals surface area contributed by atoms with Crippen LogP contribution in [0.15, 0.2) is 12.7 Å². The number of thiocarbonyl (C=S) groups is 1. The molecule has 7 nitrogen and oxygen atoms in total. The molecule has 0 spiro atoms. The van der Waals surface area contributed by atoms with Gasteiger partial charge in [0.25, 0.3) is 0 Å². The van der Waals surface area contributed by atoms with Crippen LogP contribution in [0.1, 0.15) is 0 Å². The third kappa shape index (κ3) is 10.6. The maximum absolute atomic E-state index is 11.4. The lowest BCUT2D eigenvalue weighted by Gasteiger charge is -2.21. The Hall–Kier alpha value is -0.810.